The van der Waals surface area contributed by atoms with E-state index in [1.54, 1.807) is 24.3 Å². The fraction of sp³-hybridized carbons (Fsp3) is 0.200. The van der Waals surface area contributed by atoms with E-state index in [9.17, 15) is 4.39 Å². The lowest BCUT2D eigenvalue weighted by atomic mass is 10.2. The largest absolute Gasteiger partial charge is 0.493 e. The predicted molar refractivity (Wildman–Crippen MR) is 81.6 cm³/mol. The number of rotatable bonds is 5. The van der Waals surface area contributed by atoms with Crippen LogP contribution in [0.15, 0.2) is 30.3 Å². The van der Waals surface area contributed by atoms with Crippen molar-refractivity contribution in [3.05, 3.63) is 57.3 Å². The molecule has 2 rings (SSSR count). The molecule has 0 heterocycles. The van der Waals surface area contributed by atoms with Crippen LogP contribution < -0.4 is 15.2 Å². The van der Waals surface area contributed by atoms with Crippen LogP contribution in [0.5, 0.6) is 11.5 Å². The minimum atomic E-state index is -0.507. The summed E-state index contributed by atoms with van der Waals surface area (Å²) in [5.74, 6) is 0.286. The Labute approximate surface area is 132 Å². The third-order valence-corrected chi connectivity index (χ3v) is 3.50. The van der Waals surface area contributed by atoms with Crippen molar-refractivity contribution in [2.24, 2.45) is 5.73 Å². The quantitative estimate of drug-likeness (QED) is 0.894. The van der Waals surface area contributed by atoms with Crippen LogP contribution in [-0.4, -0.2) is 7.11 Å². The molecule has 0 spiro atoms. The van der Waals surface area contributed by atoms with Gasteiger partial charge in [0.25, 0.3) is 0 Å². The Morgan fingerprint density at radius 1 is 1.19 bits per heavy atom. The maximum atomic E-state index is 13.8. The molecule has 0 radical (unpaired) electrons. The summed E-state index contributed by atoms with van der Waals surface area (Å²) in [6.45, 7) is 0.323. The van der Waals surface area contributed by atoms with Crippen molar-refractivity contribution in [1.82, 2.24) is 0 Å². The van der Waals surface area contributed by atoms with Crippen molar-refractivity contribution >= 4 is 23.2 Å². The zero-order valence-electron chi connectivity index (χ0n) is 11.3. The Hall–Kier alpha value is -1.49. The van der Waals surface area contributed by atoms with Gasteiger partial charge in [-0.25, -0.2) is 4.39 Å². The number of methoxy groups -OCH3 is 1. The summed E-state index contributed by atoms with van der Waals surface area (Å²) in [5, 5.41) is 0.407. The second kappa shape index (κ2) is 6.98. The molecular weight excluding hydrogens is 316 g/mol. The van der Waals surface area contributed by atoms with Crippen molar-refractivity contribution < 1.29 is 13.9 Å². The average Bonchev–Trinajstić information content (AvgIpc) is 2.49. The SMILES string of the molecule is COc1cc(CN)cc(Cl)c1OCc1cccc(Cl)c1F. The van der Waals surface area contributed by atoms with Gasteiger partial charge in [-0.2, -0.15) is 0 Å². The highest BCUT2D eigenvalue weighted by Gasteiger charge is 2.13. The highest BCUT2D eigenvalue weighted by molar-refractivity contribution is 6.32. The van der Waals surface area contributed by atoms with E-state index < -0.39 is 5.82 Å². The van der Waals surface area contributed by atoms with Gasteiger partial charge in [-0.15, -0.1) is 0 Å². The monoisotopic (exact) mass is 329 g/mol. The summed E-state index contributed by atoms with van der Waals surface area (Å²) in [6, 6.07) is 8.14. The zero-order chi connectivity index (χ0) is 15.4. The molecule has 2 aromatic rings. The van der Waals surface area contributed by atoms with Crippen molar-refractivity contribution in [1.29, 1.82) is 0 Å². The van der Waals surface area contributed by atoms with E-state index >= 15 is 0 Å². The molecule has 0 atom stereocenters. The van der Waals surface area contributed by atoms with Gasteiger partial charge in [-0.05, 0) is 23.8 Å². The molecule has 0 unspecified atom stereocenters. The summed E-state index contributed by atoms with van der Waals surface area (Å²) in [4.78, 5) is 0. The van der Waals surface area contributed by atoms with Crippen LogP contribution in [0.25, 0.3) is 0 Å². The second-order valence-corrected chi connectivity index (χ2v) is 5.13. The smallest absolute Gasteiger partial charge is 0.180 e. The van der Waals surface area contributed by atoms with Crippen molar-refractivity contribution in [3.8, 4) is 11.5 Å². The summed E-state index contributed by atoms with van der Waals surface area (Å²) in [7, 11) is 1.50. The molecule has 0 saturated heterocycles. The highest BCUT2D eigenvalue weighted by Crippen LogP contribution is 2.37. The number of nitrogens with two attached hydrogens (primary N) is 1. The second-order valence-electron chi connectivity index (χ2n) is 4.31. The summed E-state index contributed by atoms with van der Waals surface area (Å²) in [5.41, 5.74) is 6.73. The lowest BCUT2D eigenvalue weighted by Crippen LogP contribution is -2.03. The topological polar surface area (TPSA) is 44.5 Å². The van der Waals surface area contributed by atoms with E-state index in [0.717, 1.165) is 5.56 Å². The van der Waals surface area contributed by atoms with Gasteiger partial charge in [0.15, 0.2) is 11.5 Å². The molecule has 21 heavy (non-hydrogen) atoms. The summed E-state index contributed by atoms with van der Waals surface area (Å²) in [6.07, 6.45) is 0. The van der Waals surface area contributed by atoms with Crippen molar-refractivity contribution in [2.75, 3.05) is 7.11 Å². The lowest BCUT2D eigenvalue weighted by molar-refractivity contribution is 0.280. The Balaban J connectivity index is 2.25. The van der Waals surface area contributed by atoms with E-state index in [1.807, 2.05) is 0 Å². The van der Waals surface area contributed by atoms with Crippen LogP contribution in [-0.2, 0) is 13.2 Å². The summed E-state index contributed by atoms with van der Waals surface area (Å²) < 4.78 is 24.6. The molecule has 0 saturated carbocycles. The minimum absolute atomic E-state index is 0.00948. The van der Waals surface area contributed by atoms with Crippen LogP contribution in [0, 0.1) is 5.82 Å². The van der Waals surface area contributed by atoms with Gasteiger partial charge in [0.2, 0.25) is 0 Å². The molecule has 0 aliphatic carbocycles. The van der Waals surface area contributed by atoms with Crippen LogP contribution >= 0.6 is 23.2 Å². The van der Waals surface area contributed by atoms with E-state index in [4.69, 9.17) is 38.4 Å². The van der Waals surface area contributed by atoms with E-state index in [0.29, 0.717) is 28.6 Å². The van der Waals surface area contributed by atoms with Gasteiger partial charge in [-0.1, -0.05) is 35.3 Å². The van der Waals surface area contributed by atoms with Gasteiger partial charge in [-0.3, -0.25) is 0 Å². The number of hydrogen-bond acceptors (Lipinski definition) is 3. The molecule has 0 aliphatic heterocycles. The van der Waals surface area contributed by atoms with E-state index in [1.165, 1.54) is 13.2 Å². The van der Waals surface area contributed by atoms with Gasteiger partial charge in [0.05, 0.1) is 17.2 Å². The van der Waals surface area contributed by atoms with Gasteiger partial charge in [0.1, 0.15) is 12.4 Å². The number of hydrogen-bond donors (Lipinski definition) is 1. The molecule has 0 aliphatic rings. The molecule has 3 nitrogen and oxygen atoms in total. The molecule has 0 fully saturated rings. The number of halogens is 3. The first-order valence-corrected chi connectivity index (χ1v) is 6.94. The molecule has 2 N–H and O–H groups in total. The Bertz CT molecular complexity index is 650. The Morgan fingerprint density at radius 2 is 1.95 bits per heavy atom. The molecular formula is C15H14Cl2FNO2. The first-order chi connectivity index (χ1) is 10.1. The first kappa shape index (κ1) is 15.9. The van der Waals surface area contributed by atoms with Gasteiger partial charge < -0.3 is 15.2 Å². The van der Waals surface area contributed by atoms with Gasteiger partial charge >= 0.3 is 0 Å². The fourth-order valence-corrected chi connectivity index (χ4v) is 2.32. The van der Waals surface area contributed by atoms with E-state index in [-0.39, 0.29) is 11.6 Å². The molecule has 0 aromatic heterocycles. The molecule has 2 aromatic carbocycles. The summed E-state index contributed by atoms with van der Waals surface area (Å²) >= 11 is 11.9. The number of benzene rings is 2. The molecule has 112 valence electrons. The van der Waals surface area contributed by atoms with E-state index in [2.05, 4.69) is 0 Å². The highest BCUT2D eigenvalue weighted by atomic mass is 35.5. The van der Waals surface area contributed by atoms with Crippen LogP contribution in [0.3, 0.4) is 0 Å². The van der Waals surface area contributed by atoms with Crippen LogP contribution in [0.1, 0.15) is 11.1 Å². The van der Waals surface area contributed by atoms with Gasteiger partial charge in [0, 0.05) is 12.1 Å². The van der Waals surface area contributed by atoms with Crippen molar-refractivity contribution in [2.45, 2.75) is 13.2 Å². The first-order valence-electron chi connectivity index (χ1n) is 6.19. The lowest BCUT2D eigenvalue weighted by Gasteiger charge is -2.14. The molecule has 0 amide bonds. The van der Waals surface area contributed by atoms with Crippen LogP contribution in [0.4, 0.5) is 4.39 Å². The normalized spacial score (nSPS) is 10.5. The standard InChI is InChI=1S/C15H14Cl2FNO2/c1-20-13-6-9(7-19)5-12(17)15(13)21-8-10-3-2-4-11(16)14(10)18/h2-6H,7-8,19H2,1H3. The minimum Gasteiger partial charge on any atom is -0.493 e. The average molecular weight is 330 g/mol. The maximum absolute atomic E-state index is 13.8. The van der Waals surface area contributed by atoms with Crippen molar-refractivity contribution in [3.63, 3.8) is 0 Å². The predicted octanol–water partition coefficient (Wildman–Crippen LogP) is 4.18. The zero-order valence-corrected chi connectivity index (χ0v) is 12.8. The fourth-order valence-electron chi connectivity index (χ4n) is 1.84. The van der Waals surface area contributed by atoms with Crippen LogP contribution in [0.2, 0.25) is 10.0 Å². The third-order valence-electron chi connectivity index (χ3n) is 2.93. The number of ether oxygens (including phenoxy) is 2. The molecule has 6 heteroatoms. The Kier molecular flexibility index (Phi) is 5.28. The maximum Gasteiger partial charge on any atom is 0.180 e. The Morgan fingerprint density at radius 3 is 2.62 bits per heavy atom. The third kappa shape index (κ3) is 3.59. The molecule has 0 bridgehead atoms.